The van der Waals surface area contributed by atoms with Crippen molar-refractivity contribution in [2.75, 3.05) is 23.3 Å². The molecule has 132 valence electrons. The van der Waals surface area contributed by atoms with Crippen molar-refractivity contribution < 1.29 is 18.1 Å². The molecule has 0 aromatic heterocycles. The number of anilines is 3. The summed E-state index contributed by atoms with van der Waals surface area (Å²) < 4.78 is 40.7. The van der Waals surface area contributed by atoms with Gasteiger partial charge in [0.2, 0.25) is 0 Å². The van der Waals surface area contributed by atoms with Gasteiger partial charge in [0.25, 0.3) is 11.6 Å². The molecule has 1 saturated heterocycles. The van der Waals surface area contributed by atoms with Crippen LogP contribution >= 0.6 is 11.6 Å². The summed E-state index contributed by atoms with van der Waals surface area (Å²) >= 11 is 5.68. The minimum Gasteiger partial charge on any atom is -0.365 e. The predicted octanol–water partition coefficient (Wildman–Crippen LogP) is 4.98. The van der Waals surface area contributed by atoms with Crippen molar-refractivity contribution in [3.8, 4) is 0 Å². The molecule has 0 aliphatic carbocycles. The molecule has 0 saturated carbocycles. The van der Waals surface area contributed by atoms with Crippen molar-refractivity contribution in [3.63, 3.8) is 0 Å². The number of hydrogen-bond acceptors (Lipinski definition) is 4. The molecule has 0 radical (unpaired) electrons. The Balaban J connectivity index is 1.83. The highest BCUT2D eigenvalue weighted by Crippen LogP contribution is 2.35. The Labute approximate surface area is 146 Å². The maximum absolute atomic E-state index is 14.1. The van der Waals surface area contributed by atoms with E-state index in [-0.39, 0.29) is 30.2 Å². The van der Waals surface area contributed by atoms with E-state index >= 15 is 0 Å². The molecule has 0 atom stereocenters. The lowest BCUT2D eigenvalue weighted by Gasteiger charge is -2.18. The zero-order chi connectivity index (χ0) is 18.2. The third-order valence-electron chi connectivity index (χ3n) is 3.94. The third-order valence-corrected chi connectivity index (χ3v) is 4.23. The van der Waals surface area contributed by atoms with Crippen LogP contribution in [0.15, 0.2) is 36.4 Å². The summed E-state index contributed by atoms with van der Waals surface area (Å²) in [5.74, 6) is -3.64. The molecule has 5 nitrogen and oxygen atoms in total. The van der Waals surface area contributed by atoms with Crippen LogP contribution in [0, 0.1) is 15.9 Å². The summed E-state index contributed by atoms with van der Waals surface area (Å²) in [6.07, 6.45) is -0.201. The Morgan fingerprint density at radius 3 is 2.44 bits per heavy atom. The molecule has 2 aromatic carbocycles. The number of nitro benzene ring substituents is 1. The van der Waals surface area contributed by atoms with Gasteiger partial charge in [-0.25, -0.2) is 13.2 Å². The van der Waals surface area contributed by atoms with E-state index in [9.17, 15) is 23.3 Å². The first kappa shape index (κ1) is 17.3. The SMILES string of the molecule is O=[N+]([O-])c1ccc(Cl)c(F)c1Nc1ccc(N2CCC(F)(F)C2)cc1. The largest absolute Gasteiger partial charge is 0.365 e. The molecular formula is C16H13ClF3N3O2. The van der Waals surface area contributed by atoms with E-state index in [2.05, 4.69) is 5.32 Å². The molecule has 9 heteroatoms. The topological polar surface area (TPSA) is 58.4 Å². The highest BCUT2D eigenvalue weighted by molar-refractivity contribution is 6.31. The van der Waals surface area contributed by atoms with E-state index in [0.29, 0.717) is 11.4 Å². The molecule has 0 unspecified atom stereocenters. The molecule has 25 heavy (non-hydrogen) atoms. The monoisotopic (exact) mass is 371 g/mol. The van der Waals surface area contributed by atoms with Crippen LogP contribution in [0.25, 0.3) is 0 Å². The number of nitrogens with zero attached hydrogens (tertiary/aromatic N) is 2. The first-order valence-electron chi connectivity index (χ1n) is 7.39. The van der Waals surface area contributed by atoms with Crippen molar-refractivity contribution in [2.24, 2.45) is 0 Å². The van der Waals surface area contributed by atoms with E-state index in [1.807, 2.05) is 0 Å². The van der Waals surface area contributed by atoms with E-state index in [0.717, 1.165) is 12.1 Å². The number of benzene rings is 2. The van der Waals surface area contributed by atoms with Crippen LogP contribution < -0.4 is 10.2 Å². The Bertz CT molecular complexity index is 815. The second-order valence-electron chi connectivity index (χ2n) is 5.71. The van der Waals surface area contributed by atoms with Crippen LogP contribution in [0.2, 0.25) is 5.02 Å². The molecule has 1 N–H and O–H groups in total. The lowest BCUT2D eigenvalue weighted by Crippen LogP contribution is -2.24. The number of rotatable bonds is 4. The Morgan fingerprint density at radius 2 is 1.88 bits per heavy atom. The van der Waals surface area contributed by atoms with E-state index in [1.165, 1.54) is 12.1 Å². The molecule has 0 spiro atoms. The standard InChI is InChI=1S/C16H13ClF3N3O2/c17-12-5-6-13(23(24)25)15(14(12)18)21-10-1-3-11(4-2-10)22-8-7-16(19,20)9-22/h1-6,21H,7-9H2. The average molecular weight is 372 g/mol. The van der Waals surface area contributed by atoms with Gasteiger partial charge in [-0.3, -0.25) is 10.1 Å². The fourth-order valence-electron chi connectivity index (χ4n) is 2.67. The molecule has 1 aliphatic rings. The van der Waals surface area contributed by atoms with Crippen LogP contribution in [-0.4, -0.2) is 23.9 Å². The minimum atomic E-state index is -2.71. The van der Waals surface area contributed by atoms with Crippen LogP contribution in [0.5, 0.6) is 0 Å². The first-order chi connectivity index (χ1) is 11.8. The Kier molecular flexibility index (Phi) is 4.47. The van der Waals surface area contributed by atoms with Crippen LogP contribution in [-0.2, 0) is 0 Å². The quantitative estimate of drug-likeness (QED) is 0.608. The van der Waals surface area contributed by atoms with Gasteiger partial charge in [0.15, 0.2) is 11.5 Å². The van der Waals surface area contributed by atoms with Crippen molar-refractivity contribution in [3.05, 3.63) is 57.4 Å². The molecular weight excluding hydrogens is 359 g/mol. The molecule has 3 rings (SSSR count). The minimum absolute atomic E-state index is 0.201. The van der Waals surface area contributed by atoms with Gasteiger partial charge in [-0.15, -0.1) is 0 Å². The van der Waals surface area contributed by atoms with Crippen molar-refractivity contribution in [1.29, 1.82) is 0 Å². The number of nitrogens with one attached hydrogen (secondary N) is 1. The van der Waals surface area contributed by atoms with Gasteiger partial charge in [0.1, 0.15) is 0 Å². The highest BCUT2D eigenvalue weighted by atomic mass is 35.5. The second kappa shape index (κ2) is 6.44. The summed E-state index contributed by atoms with van der Waals surface area (Å²) in [7, 11) is 0. The average Bonchev–Trinajstić information content (AvgIpc) is 2.92. The van der Waals surface area contributed by atoms with Gasteiger partial charge in [-0.1, -0.05) is 11.6 Å². The van der Waals surface area contributed by atoms with Crippen molar-refractivity contribution in [1.82, 2.24) is 0 Å². The van der Waals surface area contributed by atoms with Gasteiger partial charge < -0.3 is 10.2 Å². The highest BCUT2D eigenvalue weighted by Gasteiger charge is 2.38. The van der Waals surface area contributed by atoms with E-state index in [4.69, 9.17) is 11.6 Å². The fraction of sp³-hybridized carbons (Fsp3) is 0.250. The van der Waals surface area contributed by atoms with Crippen molar-refractivity contribution >= 4 is 34.4 Å². The van der Waals surface area contributed by atoms with Gasteiger partial charge in [0, 0.05) is 30.4 Å². The van der Waals surface area contributed by atoms with Gasteiger partial charge >= 0.3 is 0 Å². The van der Waals surface area contributed by atoms with Gasteiger partial charge in [-0.05, 0) is 30.3 Å². The van der Waals surface area contributed by atoms with Crippen LogP contribution in [0.4, 0.5) is 35.9 Å². The van der Waals surface area contributed by atoms with E-state index in [1.54, 1.807) is 17.0 Å². The zero-order valence-corrected chi connectivity index (χ0v) is 13.6. The lowest BCUT2D eigenvalue weighted by molar-refractivity contribution is -0.384. The molecule has 2 aromatic rings. The first-order valence-corrected chi connectivity index (χ1v) is 7.77. The number of halogens is 4. The van der Waals surface area contributed by atoms with Gasteiger partial charge in [0.05, 0.1) is 16.5 Å². The second-order valence-corrected chi connectivity index (χ2v) is 6.12. The zero-order valence-electron chi connectivity index (χ0n) is 12.8. The Hall–Kier alpha value is -2.48. The lowest BCUT2D eigenvalue weighted by atomic mass is 10.2. The molecule has 0 amide bonds. The predicted molar refractivity (Wildman–Crippen MR) is 89.6 cm³/mol. The smallest absolute Gasteiger partial charge is 0.295 e. The molecule has 1 aliphatic heterocycles. The van der Waals surface area contributed by atoms with Crippen LogP contribution in [0.1, 0.15) is 6.42 Å². The summed E-state index contributed by atoms with van der Waals surface area (Å²) in [5.41, 5.74) is 0.172. The van der Waals surface area contributed by atoms with Crippen LogP contribution in [0.3, 0.4) is 0 Å². The fourth-order valence-corrected chi connectivity index (χ4v) is 2.83. The van der Waals surface area contributed by atoms with Gasteiger partial charge in [-0.2, -0.15) is 0 Å². The van der Waals surface area contributed by atoms with E-state index < -0.39 is 22.4 Å². The maximum Gasteiger partial charge on any atom is 0.295 e. The summed E-state index contributed by atoms with van der Waals surface area (Å²) in [5, 5.41) is 13.4. The Morgan fingerprint density at radius 1 is 1.20 bits per heavy atom. The summed E-state index contributed by atoms with van der Waals surface area (Å²) in [6, 6.07) is 8.48. The molecule has 1 fully saturated rings. The molecule has 0 bridgehead atoms. The maximum atomic E-state index is 14.1. The van der Waals surface area contributed by atoms with Crippen molar-refractivity contribution in [2.45, 2.75) is 12.3 Å². The summed E-state index contributed by atoms with van der Waals surface area (Å²) in [4.78, 5) is 11.9. The normalized spacial score (nSPS) is 16.1. The number of alkyl halides is 2. The third kappa shape index (κ3) is 3.63. The summed E-state index contributed by atoms with van der Waals surface area (Å²) in [6.45, 7) is -0.109. The molecule has 1 heterocycles. The number of nitro groups is 1. The number of hydrogen-bond donors (Lipinski definition) is 1.